The maximum absolute atomic E-state index is 12.5. The van der Waals surface area contributed by atoms with Crippen molar-refractivity contribution in [3.8, 4) is 5.75 Å². The van der Waals surface area contributed by atoms with E-state index >= 15 is 0 Å². The number of hydrogen-bond donors (Lipinski definition) is 1. The van der Waals surface area contributed by atoms with Crippen molar-refractivity contribution in [3.05, 3.63) is 58.8 Å². The molecule has 1 N–H and O–H groups in total. The molecule has 27 heavy (non-hydrogen) atoms. The van der Waals surface area contributed by atoms with Crippen molar-refractivity contribution >= 4 is 28.5 Å². The van der Waals surface area contributed by atoms with Crippen molar-refractivity contribution in [1.82, 2.24) is 0 Å². The summed E-state index contributed by atoms with van der Waals surface area (Å²) in [6.07, 6.45) is 1.73. The zero-order chi connectivity index (χ0) is 19.6. The third-order valence-corrected chi connectivity index (χ3v) is 4.57. The molecule has 0 fully saturated rings. The number of anilines is 1. The minimum Gasteiger partial charge on any atom is -0.497 e. The molecule has 0 bridgehead atoms. The lowest BCUT2D eigenvalue weighted by Crippen LogP contribution is -2.15. The summed E-state index contributed by atoms with van der Waals surface area (Å²) < 4.78 is 15.5. The highest BCUT2D eigenvalue weighted by atomic mass is 16.5. The summed E-state index contributed by atoms with van der Waals surface area (Å²) in [7, 11) is 2.92. The van der Waals surface area contributed by atoms with E-state index in [9.17, 15) is 9.59 Å². The first-order valence-corrected chi connectivity index (χ1v) is 8.46. The summed E-state index contributed by atoms with van der Waals surface area (Å²) in [6, 6.07) is 8.93. The molecule has 0 aliphatic rings. The van der Waals surface area contributed by atoms with Gasteiger partial charge in [-0.2, -0.15) is 0 Å². The van der Waals surface area contributed by atoms with Gasteiger partial charge in [0.05, 0.1) is 32.5 Å². The lowest BCUT2D eigenvalue weighted by Gasteiger charge is -2.11. The van der Waals surface area contributed by atoms with E-state index in [2.05, 4.69) is 5.32 Å². The Labute approximate surface area is 157 Å². The van der Waals surface area contributed by atoms with E-state index in [0.717, 1.165) is 22.1 Å². The molecule has 2 aromatic carbocycles. The second-order valence-corrected chi connectivity index (χ2v) is 6.31. The molecule has 0 spiro atoms. The van der Waals surface area contributed by atoms with E-state index in [4.69, 9.17) is 13.9 Å². The third kappa shape index (κ3) is 3.79. The van der Waals surface area contributed by atoms with Gasteiger partial charge < -0.3 is 19.2 Å². The largest absolute Gasteiger partial charge is 0.497 e. The molecule has 6 nitrogen and oxygen atoms in total. The van der Waals surface area contributed by atoms with Crippen LogP contribution in [-0.4, -0.2) is 26.1 Å². The van der Waals surface area contributed by atoms with Gasteiger partial charge in [0, 0.05) is 22.7 Å². The lowest BCUT2D eigenvalue weighted by molar-refractivity contribution is -0.115. The highest BCUT2D eigenvalue weighted by molar-refractivity contribution is 5.98. The Hall–Kier alpha value is -3.28. The topological polar surface area (TPSA) is 77.8 Å². The summed E-state index contributed by atoms with van der Waals surface area (Å²) in [5.74, 6) is 0.0624. The maximum Gasteiger partial charge on any atom is 0.338 e. The van der Waals surface area contributed by atoms with Crippen LogP contribution in [0.3, 0.4) is 0 Å². The van der Waals surface area contributed by atoms with E-state index in [1.54, 1.807) is 25.5 Å². The number of rotatable bonds is 5. The molecule has 0 aliphatic carbocycles. The number of esters is 1. The molecule has 3 rings (SSSR count). The van der Waals surface area contributed by atoms with Gasteiger partial charge in [-0.25, -0.2) is 4.79 Å². The summed E-state index contributed by atoms with van der Waals surface area (Å²) in [5, 5.41) is 3.70. The summed E-state index contributed by atoms with van der Waals surface area (Å²) >= 11 is 0. The Kier molecular flexibility index (Phi) is 5.16. The fourth-order valence-electron chi connectivity index (χ4n) is 2.96. The smallest absolute Gasteiger partial charge is 0.338 e. The highest BCUT2D eigenvalue weighted by Gasteiger charge is 2.15. The Morgan fingerprint density at radius 2 is 1.89 bits per heavy atom. The summed E-state index contributed by atoms with van der Waals surface area (Å²) in [4.78, 5) is 24.4. The Morgan fingerprint density at radius 3 is 2.59 bits per heavy atom. The van der Waals surface area contributed by atoms with Crippen molar-refractivity contribution in [1.29, 1.82) is 0 Å². The van der Waals surface area contributed by atoms with Crippen molar-refractivity contribution in [3.63, 3.8) is 0 Å². The van der Waals surface area contributed by atoms with Crippen LogP contribution in [0, 0.1) is 13.8 Å². The second kappa shape index (κ2) is 7.53. The van der Waals surface area contributed by atoms with Gasteiger partial charge in [-0.3, -0.25) is 4.79 Å². The second-order valence-electron chi connectivity index (χ2n) is 6.31. The standard InChI is InChI=1S/C21H21NO5/c1-12-7-15(9-18(13(12)2)21(24)26-4)22-20(23)8-14-11-27-19-10-16(25-3)5-6-17(14)19/h5-7,9-11H,8H2,1-4H3,(H,22,23). The van der Waals surface area contributed by atoms with Gasteiger partial charge in [0.2, 0.25) is 5.91 Å². The van der Waals surface area contributed by atoms with E-state index in [1.165, 1.54) is 7.11 Å². The fourth-order valence-corrected chi connectivity index (χ4v) is 2.96. The molecule has 6 heteroatoms. The quantitative estimate of drug-likeness (QED) is 0.689. The predicted molar refractivity (Wildman–Crippen MR) is 102 cm³/mol. The molecule has 1 aromatic heterocycles. The molecular formula is C21H21NO5. The van der Waals surface area contributed by atoms with Crippen LogP contribution in [0.25, 0.3) is 11.0 Å². The van der Waals surface area contributed by atoms with Crippen LogP contribution >= 0.6 is 0 Å². The summed E-state index contributed by atoms with van der Waals surface area (Å²) in [6.45, 7) is 3.73. The van der Waals surface area contributed by atoms with Gasteiger partial charge in [0.15, 0.2) is 0 Å². The van der Waals surface area contributed by atoms with Crippen LogP contribution in [0.1, 0.15) is 27.0 Å². The number of fused-ring (bicyclic) bond motifs is 1. The summed E-state index contributed by atoms with van der Waals surface area (Å²) in [5.41, 5.74) is 4.16. The number of ether oxygens (including phenoxy) is 2. The van der Waals surface area contributed by atoms with E-state index < -0.39 is 5.97 Å². The van der Waals surface area contributed by atoms with Crippen molar-refractivity contribution in [2.24, 2.45) is 0 Å². The minimum absolute atomic E-state index is 0.153. The number of benzene rings is 2. The molecule has 0 unspecified atom stereocenters. The van der Waals surface area contributed by atoms with Crippen LogP contribution in [-0.2, 0) is 16.0 Å². The highest BCUT2D eigenvalue weighted by Crippen LogP contribution is 2.26. The van der Waals surface area contributed by atoms with Gasteiger partial charge in [0.1, 0.15) is 11.3 Å². The molecule has 1 amide bonds. The molecule has 0 saturated heterocycles. The monoisotopic (exact) mass is 367 g/mol. The van der Waals surface area contributed by atoms with Gasteiger partial charge in [-0.1, -0.05) is 0 Å². The molecule has 3 aromatic rings. The van der Waals surface area contributed by atoms with Crippen LogP contribution < -0.4 is 10.1 Å². The van der Waals surface area contributed by atoms with Crippen LogP contribution in [0.4, 0.5) is 5.69 Å². The predicted octanol–water partition coefficient (Wildman–Crippen LogP) is 4.03. The number of carbonyl (C=O) groups is 2. The first kappa shape index (κ1) is 18.5. The molecule has 0 saturated carbocycles. The van der Waals surface area contributed by atoms with Crippen LogP contribution in [0.5, 0.6) is 5.75 Å². The van der Waals surface area contributed by atoms with Gasteiger partial charge in [0.25, 0.3) is 0 Å². The molecule has 1 heterocycles. The number of carbonyl (C=O) groups excluding carboxylic acids is 2. The number of amides is 1. The third-order valence-electron chi connectivity index (χ3n) is 4.57. The molecule has 0 aliphatic heterocycles. The Bertz CT molecular complexity index is 1020. The molecule has 0 atom stereocenters. The minimum atomic E-state index is -0.429. The SMILES string of the molecule is COC(=O)c1cc(NC(=O)Cc2coc3cc(OC)ccc23)cc(C)c1C. The fraction of sp³-hybridized carbons (Fsp3) is 0.238. The number of aryl methyl sites for hydroxylation is 1. The average molecular weight is 367 g/mol. The number of methoxy groups -OCH3 is 2. The van der Waals surface area contributed by atoms with Crippen LogP contribution in [0.2, 0.25) is 0 Å². The number of nitrogens with one attached hydrogen (secondary N) is 1. The van der Waals surface area contributed by atoms with Crippen molar-refractivity contribution in [2.45, 2.75) is 20.3 Å². The van der Waals surface area contributed by atoms with E-state index in [1.807, 2.05) is 32.0 Å². The zero-order valence-electron chi connectivity index (χ0n) is 15.7. The van der Waals surface area contributed by atoms with E-state index in [0.29, 0.717) is 22.6 Å². The van der Waals surface area contributed by atoms with Gasteiger partial charge in [-0.05, 0) is 49.2 Å². The Morgan fingerprint density at radius 1 is 1.11 bits per heavy atom. The number of hydrogen-bond acceptors (Lipinski definition) is 5. The van der Waals surface area contributed by atoms with Crippen molar-refractivity contribution in [2.75, 3.05) is 19.5 Å². The van der Waals surface area contributed by atoms with E-state index in [-0.39, 0.29) is 12.3 Å². The average Bonchev–Trinajstić information content (AvgIpc) is 3.05. The lowest BCUT2D eigenvalue weighted by atomic mass is 10.0. The zero-order valence-corrected chi connectivity index (χ0v) is 15.7. The van der Waals surface area contributed by atoms with Gasteiger partial charge in [-0.15, -0.1) is 0 Å². The van der Waals surface area contributed by atoms with Gasteiger partial charge >= 0.3 is 5.97 Å². The molecule has 0 radical (unpaired) electrons. The Balaban J connectivity index is 1.80. The van der Waals surface area contributed by atoms with Crippen molar-refractivity contribution < 1.29 is 23.5 Å². The first-order valence-electron chi connectivity index (χ1n) is 8.46. The maximum atomic E-state index is 12.5. The molecular weight excluding hydrogens is 346 g/mol. The normalized spacial score (nSPS) is 10.7. The first-order chi connectivity index (χ1) is 12.9. The molecule has 140 valence electrons. The van der Waals surface area contributed by atoms with Crippen LogP contribution in [0.15, 0.2) is 41.0 Å². The number of furan rings is 1.